The Balaban J connectivity index is 2.82. The van der Waals surface area contributed by atoms with Crippen molar-refractivity contribution in [2.45, 2.75) is 31.6 Å². The largest absolute Gasteiger partial charge is 0.411 e. The molecule has 0 atom stereocenters. The minimum Gasteiger partial charge on any atom is -0.295 e. The van der Waals surface area contributed by atoms with Gasteiger partial charge in [0.05, 0.1) is 0 Å². The minimum atomic E-state index is -5.72. The molecule has 2 rings (SSSR count). The molecular weight excluding hydrogens is 374 g/mol. The summed E-state index contributed by atoms with van der Waals surface area (Å²) >= 11 is 0. The zero-order chi connectivity index (χ0) is 20.6. The first-order valence-corrected chi connectivity index (χ1v) is 7.68. The van der Waals surface area contributed by atoms with Crippen LogP contribution in [0.25, 0.3) is 0 Å². The molecule has 0 saturated heterocycles. The van der Waals surface area contributed by atoms with Crippen molar-refractivity contribution in [1.29, 1.82) is 0 Å². The summed E-state index contributed by atoms with van der Waals surface area (Å²) < 4.78 is 83.4. The van der Waals surface area contributed by atoms with Crippen LogP contribution < -0.4 is 0 Å². The molecule has 0 saturated carbocycles. The number of Topliss-reactive ketones (excluding diaryl/α,β-unsaturated/α-hetero) is 2. The van der Waals surface area contributed by atoms with Gasteiger partial charge in [0.25, 0.3) is 0 Å². The van der Waals surface area contributed by atoms with Gasteiger partial charge in [0.1, 0.15) is 0 Å². The number of hydrogen-bond acceptors (Lipinski definition) is 2. The number of alkyl halides is 6. The van der Waals surface area contributed by atoms with Crippen molar-refractivity contribution in [1.82, 2.24) is 0 Å². The molecule has 2 nitrogen and oxygen atoms in total. The number of ketones is 2. The monoisotopic (exact) mass is 388 g/mol. The molecule has 0 spiro atoms. The van der Waals surface area contributed by atoms with Crippen molar-refractivity contribution in [3.63, 3.8) is 0 Å². The van der Waals surface area contributed by atoms with Crippen LogP contribution in [0.2, 0.25) is 0 Å². The predicted octanol–water partition coefficient (Wildman–Crippen LogP) is 5.50. The highest BCUT2D eigenvalue weighted by Crippen LogP contribution is 2.56. The van der Waals surface area contributed by atoms with E-state index in [1.165, 1.54) is 0 Å². The van der Waals surface area contributed by atoms with E-state index in [-0.39, 0.29) is 11.1 Å². The molecule has 2 aromatic rings. The normalized spacial score (nSPS) is 12.7. The minimum absolute atomic E-state index is 0.0103. The summed E-state index contributed by atoms with van der Waals surface area (Å²) in [6.07, 6.45) is -11.4. The van der Waals surface area contributed by atoms with Gasteiger partial charge in [0.2, 0.25) is 5.41 Å². The number of rotatable bonds is 4. The molecule has 0 aliphatic heterocycles. The molecule has 0 N–H and O–H groups in total. The second-order valence-corrected chi connectivity index (χ2v) is 6.01. The van der Waals surface area contributed by atoms with Gasteiger partial charge >= 0.3 is 12.4 Å². The maximum absolute atomic E-state index is 13.9. The standard InChI is InChI=1S/C19H14F6O2/c1-11(26)13-3-7-15(8-4-13)17(18(20,21)22,19(23,24)25)16-9-5-14(6-10-16)12(2)27/h3-10H,1-2H3. The van der Waals surface area contributed by atoms with Gasteiger partial charge in [0.15, 0.2) is 11.6 Å². The van der Waals surface area contributed by atoms with Crippen LogP contribution in [-0.2, 0) is 5.41 Å². The van der Waals surface area contributed by atoms with Gasteiger partial charge < -0.3 is 0 Å². The lowest BCUT2D eigenvalue weighted by molar-refractivity contribution is -0.288. The molecule has 27 heavy (non-hydrogen) atoms. The molecule has 0 heterocycles. The molecular formula is C19H14F6O2. The van der Waals surface area contributed by atoms with Gasteiger partial charge in [-0.2, -0.15) is 26.3 Å². The van der Waals surface area contributed by atoms with Crippen molar-refractivity contribution < 1.29 is 35.9 Å². The van der Waals surface area contributed by atoms with Crippen molar-refractivity contribution in [3.05, 3.63) is 70.8 Å². The molecule has 0 aliphatic carbocycles. The Morgan fingerprint density at radius 2 is 0.852 bits per heavy atom. The summed E-state index contributed by atoms with van der Waals surface area (Å²) in [4.78, 5) is 22.6. The van der Waals surface area contributed by atoms with Crippen molar-refractivity contribution in [2.75, 3.05) is 0 Å². The van der Waals surface area contributed by atoms with E-state index in [2.05, 4.69) is 0 Å². The predicted molar refractivity (Wildman–Crippen MR) is 85.8 cm³/mol. The van der Waals surface area contributed by atoms with Gasteiger partial charge in [-0.1, -0.05) is 48.5 Å². The Labute approximate surface area is 150 Å². The second-order valence-electron chi connectivity index (χ2n) is 6.01. The summed E-state index contributed by atoms with van der Waals surface area (Å²) in [6.45, 7) is 2.30. The summed E-state index contributed by atoms with van der Waals surface area (Å²) in [5.41, 5.74) is -6.45. The van der Waals surface area contributed by atoms with E-state index in [9.17, 15) is 35.9 Å². The number of carbonyl (C=O) groups excluding carboxylic acids is 2. The lowest BCUT2D eigenvalue weighted by atomic mass is 9.72. The molecule has 2 aromatic carbocycles. The Morgan fingerprint density at radius 3 is 1.04 bits per heavy atom. The average Bonchev–Trinajstić information content (AvgIpc) is 2.53. The van der Waals surface area contributed by atoms with E-state index in [1.807, 2.05) is 0 Å². The number of benzene rings is 2. The quantitative estimate of drug-likeness (QED) is 0.512. The molecule has 0 fully saturated rings. The van der Waals surface area contributed by atoms with Crippen LogP contribution in [0.5, 0.6) is 0 Å². The zero-order valence-corrected chi connectivity index (χ0v) is 14.2. The van der Waals surface area contributed by atoms with E-state index in [0.717, 1.165) is 38.1 Å². The summed E-state index contributed by atoms with van der Waals surface area (Å²) in [7, 11) is 0. The Kier molecular flexibility index (Phi) is 5.23. The molecule has 0 aliphatic rings. The van der Waals surface area contributed by atoms with Crippen LogP contribution in [0.3, 0.4) is 0 Å². The molecule has 0 aromatic heterocycles. The highest BCUT2D eigenvalue weighted by atomic mass is 19.4. The Bertz CT molecular complexity index is 772. The van der Waals surface area contributed by atoms with E-state index in [1.54, 1.807) is 0 Å². The SMILES string of the molecule is CC(=O)c1ccc(C(c2ccc(C(C)=O)cc2)(C(F)(F)F)C(F)(F)F)cc1. The zero-order valence-electron chi connectivity index (χ0n) is 14.2. The first-order chi connectivity index (χ1) is 12.3. The van der Waals surface area contributed by atoms with Crippen LogP contribution in [-0.4, -0.2) is 23.9 Å². The van der Waals surface area contributed by atoms with Crippen LogP contribution in [0, 0.1) is 0 Å². The number of hydrogen-bond donors (Lipinski definition) is 0. The van der Waals surface area contributed by atoms with Crippen molar-refractivity contribution in [3.8, 4) is 0 Å². The van der Waals surface area contributed by atoms with E-state index < -0.39 is 40.5 Å². The molecule has 0 unspecified atom stereocenters. The van der Waals surface area contributed by atoms with Gasteiger partial charge in [-0.15, -0.1) is 0 Å². The second kappa shape index (κ2) is 6.83. The van der Waals surface area contributed by atoms with E-state index in [0.29, 0.717) is 24.3 Å². The van der Waals surface area contributed by atoms with Gasteiger partial charge in [0, 0.05) is 11.1 Å². The van der Waals surface area contributed by atoms with Crippen LogP contribution >= 0.6 is 0 Å². The summed E-state index contributed by atoms with van der Waals surface area (Å²) in [6, 6.07) is 6.30. The van der Waals surface area contributed by atoms with Gasteiger partial charge in [-0.3, -0.25) is 9.59 Å². The number of carbonyl (C=O) groups is 2. The lowest BCUT2D eigenvalue weighted by Crippen LogP contribution is -2.54. The highest BCUT2D eigenvalue weighted by molar-refractivity contribution is 5.94. The first kappa shape index (κ1) is 20.7. The lowest BCUT2D eigenvalue weighted by Gasteiger charge is -2.38. The Hall–Kier alpha value is -2.64. The maximum atomic E-state index is 13.9. The number of halogens is 6. The molecule has 0 amide bonds. The highest BCUT2D eigenvalue weighted by Gasteiger charge is 2.72. The van der Waals surface area contributed by atoms with Crippen LogP contribution in [0.1, 0.15) is 45.7 Å². The summed E-state index contributed by atoms with van der Waals surface area (Å²) in [5, 5.41) is 0. The van der Waals surface area contributed by atoms with E-state index >= 15 is 0 Å². The van der Waals surface area contributed by atoms with E-state index in [4.69, 9.17) is 0 Å². The smallest absolute Gasteiger partial charge is 0.295 e. The fraction of sp³-hybridized carbons (Fsp3) is 0.263. The third-order valence-electron chi connectivity index (χ3n) is 4.30. The third-order valence-corrected chi connectivity index (χ3v) is 4.30. The fourth-order valence-corrected chi connectivity index (χ4v) is 2.89. The van der Waals surface area contributed by atoms with Crippen LogP contribution in [0.15, 0.2) is 48.5 Å². The van der Waals surface area contributed by atoms with Gasteiger partial charge in [-0.25, -0.2) is 0 Å². The van der Waals surface area contributed by atoms with Crippen LogP contribution in [0.4, 0.5) is 26.3 Å². The fourth-order valence-electron chi connectivity index (χ4n) is 2.89. The average molecular weight is 388 g/mol. The third kappa shape index (κ3) is 3.48. The molecule has 0 radical (unpaired) electrons. The molecule has 8 heteroatoms. The van der Waals surface area contributed by atoms with Crippen molar-refractivity contribution in [2.24, 2.45) is 0 Å². The first-order valence-electron chi connectivity index (χ1n) is 7.68. The molecule has 0 bridgehead atoms. The molecule has 144 valence electrons. The van der Waals surface area contributed by atoms with Crippen molar-refractivity contribution >= 4 is 11.6 Å². The van der Waals surface area contributed by atoms with Gasteiger partial charge in [-0.05, 0) is 25.0 Å². The topological polar surface area (TPSA) is 34.1 Å². The Morgan fingerprint density at radius 1 is 0.593 bits per heavy atom. The summed E-state index contributed by atoms with van der Waals surface area (Å²) in [5.74, 6) is -0.978. The maximum Gasteiger partial charge on any atom is 0.411 e.